The Bertz CT molecular complexity index is 110. The molecule has 2 heteroatoms. The van der Waals surface area contributed by atoms with Gasteiger partial charge in [-0.2, -0.15) is 0 Å². The number of ether oxygens (including phenoxy) is 1. The monoisotopic (exact) mass is 282 g/mol. The fourth-order valence-corrected chi connectivity index (χ4v) is 2.21. The topological polar surface area (TPSA) is 9.23 Å². The summed E-state index contributed by atoms with van der Waals surface area (Å²) in [5.74, 6) is 0. The lowest BCUT2D eigenvalue weighted by Crippen LogP contribution is -2.38. The van der Waals surface area contributed by atoms with Crippen LogP contribution in [0.4, 0.5) is 0 Å². The van der Waals surface area contributed by atoms with Crippen molar-refractivity contribution < 1.29 is 4.74 Å². The minimum absolute atomic E-state index is 0.585. The van der Waals surface area contributed by atoms with E-state index in [0.29, 0.717) is 12.2 Å². The van der Waals surface area contributed by atoms with Gasteiger partial charge in [0.05, 0.1) is 12.2 Å². The molecule has 12 heavy (non-hydrogen) atoms. The van der Waals surface area contributed by atoms with Crippen LogP contribution < -0.4 is 0 Å². The van der Waals surface area contributed by atoms with Crippen LogP contribution in [0.5, 0.6) is 0 Å². The molecule has 1 heterocycles. The number of rotatable bonds is 6. The highest BCUT2D eigenvalue weighted by Gasteiger charge is 2.27. The third-order valence-electron chi connectivity index (χ3n) is 2.46. The van der Waals surface area contributed by atoms with Crippen LogP contribution in [-0.4, -0.2) is 16.6 Å². The normalized spacial score (nSPS) is 28.5. The van der Waals surface area contributed by atoms with Crippen molar-refractivity contribution in [1.29, 1.82) is 0 Å². The molecule has 0 spiro atoms. The zero-order valence-electron chi connectivity index (χ0n) is 7.89. The van der Waals surface area contributed by atoms with Gasteiger partial charge in [0.2, 0.25) is 0 Å². The van der Waals surface area contributed by atoms with E-state index in [-0.39, 0.29) is 0 Å². The Balaban J connectivity index is 1.83. The number of hydrogen-bond donors (Lipinski definition) is 0. The zero-order chi connectivity index (χ0) is 8.81. The summed E-state index contributed by atoms with van der Waals surface area (Å²) in [5.41, 5.74) is 0. The number of hydrogen-bond acceptors (Lipinski definition) is 1. The van der Waals surface area contributed by atoms with Gasteiger partial charge in [-0.15, -0.1) is 0 Å². The molecule has 1 aliphatic heterocycles. The summed E-state index contributed by atoms with van der Waals surface area (Å²) in [6.07, 6.45) is 9.30. The van der Waals surface area contributed by atoms with Crippen LogP contribution >= 0.6 is 22.6 Å². The van der Waals surface area contributed by atoms with Gasteiger partial charge < -0.3 is 4.74 Å². The first kappa shape index (κ1) is 10.8. The van der Waals surface area contributed by atoms with E-state index in [1.54, 1.807) is 0 Å². The average molecular weight is 282 g/mol. The molecule has 72 valence electrons. The van der Waals surface area contributed by atoms with Gasteiger partial charge >= 0.3 is 0 Å². The molecule has 0 saturated carbocycles. The second-order valence-corrected chi connectivity index (χ2v) is 4.50. The molecule has 0 unspecified atom stereocenters. The van der Waals surface area contributed by atoms with Crippen molar-refractivity contribution in [3.05, 3.63) is 0 Å². The third-order valence-corrected chi connectivity index (χ3v) is 3.44. The van der Waals surface area contributed by atoms with E-state index in [1.807, 2.05) is 0 Å². The highest BCUT2D eigenvalue weighted by atomic mass is 127. The molecular weight excluding hydrogens is 263 g/mol. The van der Waals surface area contributed by atoms with Crippen LogP contribution in [0, 0.1) is 0 Å². The molecular formula is C10H19IO. The van der Waals surface area contributed by atoms with Gasteiger partial charge in [0.1, 0.15) is 0 Å². The maximum atomic E-state index is 5.66. The van der Waals surface area contributed by atoms with Crippen LogP contribution in [0.1, 0.15) is 45.4 Å². The largest absolute Gasteiger partial charge is 0.374 e. The molecule has 0 aromatic heterocycles. The van der Waals surface area contributed by atoms with Crippen molar-refractivity contribution in [1.82, 2.24) is 0 Å². The van der Waals surface area contributed by atoms with Crippen molar-refractivity contribution >= 4 is 22.6 Å². The lowest BCUT2D eigenvalue weighted by atomic mass is 10.00. The minimum atomic E-state index is 0.585. The van der Waals surface area contributed by atoms with Crippen LogP contribution in [0.2, 0.25) is 0 Å². The Labute approximate surface area is 89.4 Å². The Hall–Kier alpha value is 0.690. The molecule has 1 saturated heterocycles. The smallest absolute Gasteiger partial charge is 0.0692 e. The van der Waals surface area contributed by atoms with Gasteiger partial charge in [-0.1, -0.05) is 55.2 Å². The Morgan fingerprint density at radius 1 is 1.25 bits per heavy atom. The third kappa shape index (κ3) is 3.60. The van der Waals surface area contributed by atoms with Gasteiger partial charge in [0.15, 0.2) is 0 Å². The molecule has 0 radical (unpaired) electrons. The number of alkyl halides is 1. The molecule has 1 fully saturated rings. The molecule has 0 aromatic rings. The standard InChI is InChI=1S/C10H19IO/c1-2-3-4-5-6-9-7-10(8-11)12-9/h9-10H,2-8H2,1H3/t9-,10+/m0/s1. The average Bonchev–Trinajstić information content (AvgIpc) is 2.01. The van der Waals surface area contributed by atoms with E-state index in [0.717, 1.165) is 0 Å². The van der Waals surface area contributed by atoms with Gasteiger partial charge in [-0.25, -0.2) is 0 Å². The fourth-order valence-electron chi connectivity index (χ4n) is 1.64. The van der Waals surface area contributed by atoms with Crippen LogP contribution in [0.3, 0.4) is 0 Å². The van der Waals surface area contributed by atoms with Gasteiger partial charge in [-0.05, 0) is 6.42 Å². The second-order valence-electron chi connectivity index (χ2n) is 3.62. The second kappa shape index (κ2) is 6.19. The number of halogens is 1. The summed E-state index contributed by atoms with van der Waals surface area (Å²) in [7, 11) is 0. The van der Waals surface area contributed by atoms with E-state index in [9.17, 15) is 0 Å². The molecule has 0 aromatic carbocycles. The van der Waals surface area contributed by atoms with Crippen molar-refractivity contribution in [3.63, 3.8) is 0 Å². The lowest BCUT2D eigenvalue weighted by Gasteiger charge is -2.35. The lowest BCUT2D eigenvalue weighted by molar-refractivity contribution is -0.113. The Morgan fingerprint density at radius 3 is 2.58 bits per heavy atom. The van der Waals surface area contributed by atoms with Crippen LogP contribution in [0.25, 0.3) is 0 Å². The minimum Gasteiger partial charge on any atom is -0.374 e. The van der Waals surface area contributed by atoms with Crippen LogP contribution in [-0.2, 0) is 4.74 Å². The summed E-state index contributed by atoms with van der Waals surface area (Å²) >= 11 is 2.40. The van der Waals surface area contributed by atoms with E-state index in [1.165, 1.54) is 43.0 Å². The molecule has 0 N–H and O–H groups in total. The zero-order valence-corrected chi connectivity index (χ0v) is 10.0. The van der Waals surface area contributed by atoms with E-state index >= 15 is 0 Å². The van der Waals surface area contributed by atoms with Gasteiger partial charge in [-0.3, -0.25) is 0 Å². The molecule has 0 bridgehead atoms. The molecule has 0 amide bonds. The van der Waals surface area contributed by atoms with E-state index in [2.05, 4.69) is 29.5 Å². The SMILES string of the molecule is CCCCCC[C@H]1C[C@H](CI)O1. The van der Waals surface area contributed by atoms with Crippen molar-refractivity contribution in [2.24, 2.45) is 0 Å². The van der Waals surface area contributed by atoms with Crippen molar-refractivity contribution in [2.75, 3.05) is 4.43 Å². The van der Waals surface area contributed by atoms with Crippen molar-refractivity contribution in [2.45, 2.75) is 57.7 Å². The first-order valence-electron chi connectivity index (χ1n) is 5.08. The summed E-state index contributed by atoms with van der Waals surface area (Å²) in [4.78, 5) is 0. The fraction of sp³-hybridized carbons (Fsp3) is 1.00. The maximum Gasteiger partial charge on any atom is 0.0692 e. The molecule has 1 aliphatic rings. The van der Waals surface area contributed by atoms with Gasteiger partial charge in [0, 0.05) is 10.8 Å². The quantitative estimate of drug-likeness (QED) is 0.411. The van der Waals surface area contributed by atoms with Crippen molar-refractivity contribution in [3.8, 4) is 0 Å². The molecule has 0 aliphatic carbocycles. The Morgan fingerprint density at radius 2 is 2.00 bits per heavy atom. The predicted octanol–water partition coefficient (Wildman–Crippen LogP) is 3.55. The summed E-state index contributed by atoms with van der Waals surface area (Å²) in [6, 6.07) is 0. The molecule has 1 rings (SSSR count). The maximum absolute atomic E-state index is 5.66. The van der Waals surface area contributed by atoms with E-state index < -0.39 is 0 Å². The first-order chi connectivity index (χ1) is 5.86. The number of unbranched alkanes of at least 4 members (excludes halogenated alkanes) is 3. The van der Waals surface area contributed by atoms with E-state index in [4.69, 9.17) is 4.74 Å². The summed E-state index contributed by atoms with van der Waals surface area (Å²) in [6.45, 7) is 2.26. The Kier molecular flexibility index (Phi) is 5.56. The summed E-state index contributed by atoms with van der Waals surface area (Å²) in [5, 5.41) is 0. The highest BCUT2D eigenvalue weighted by molar-refractivity contribution is 14.1. The molecule has 1 nitrogen and oxygen atoms in total. The van der Waals surface area contributed by atoms with Gasteiger partial charge in [0.25, 0.3) is 0 Å². The van der Waals surface area contributed by atoms with Crippen LogP contribution in [0.15, 0.2) is 0 Å². The summed E-state index contributed by atoms with van der Waals surface area (Å²) < 4.78 is 6.83. The first-order valence-corrected chi connectivity index (χ1v) is 6.60. The highest BCUT2D eigenvalue weighted by Crippen LogP contribution is 2.26. The molecule has 2 atom stereocenters. The predicted molar refractivity (Wildman–Crippen MR) is 60.9 cm³/mol.